The number of hydrogen-bond donors (Lipinski definition) is 2. The van der Waals surface area contributed by atoms with Crippen LogP contribution in [0.1, 0.15) is 41.6 Å². The van der Waals surface area contributed by atoms with Gasteiger partial charge in [0.2, 0.25) is 5.91 Å². The first kappa shape index (κ1) is 22.3. The molecule has 9 heteroatoms. The number of carbonyl (C=O) groups excluding carboxylic acids is 2. The molecule has 4 rings (SSSR count). The Morgan fingerprint density at radius 1 is 1.09 bits per heavy atom. The van der Waals surface area contributed by atoms with Crippen molar-refractivity contribution >= 4 is 27.5 Å². The Labute approximate surface area is 187 Å². The topological polar surface area (TPSA) is 95.6 Å². The molecule has 2 aromatic carbocycles. The van der Waals surface area contributed by atoms with Crippen LogP contribution < -0.4 is 10.0 Å². The number of para-hydroxylation sites is 1. The Morgan fingerprint density at radius 2 is 1.84 bits per heavy atom. The highest BCUT2D eigenvalue weighted by molar-refractivity contribution is 7.92. The lowest BCUT2D eigenvalue weighted by Gasteiger charge is -2.32. The normalized spacial score (nSPS) is 18.8. The van der Waals surface area contributed by atoms with Gasteiger partial charge >= 0.3 is 0 Å². The number of rotatable bonds is 6. The van der Waals surface area contributed by atoms with E-state index >= 15 is 0 Å². The molecule has 7 nitrogen and oxygen atoms in total. The fraction of sp³-hybridized carbons (Fsp3) is 0.391. The lowest BCUT2D eigenvalue weighted by atomic mass is 9.96. The zero-order valence-electron chi connectivity index (χ0n) is 17.8. The van der Waals surface area contributed by atoms with E-state index in [1.807, 2.05) is 0 Å². The molecule has 1 saturated heterocycles. The Balaban J connectivity index is 1.53. The minimum atomic E-state index is -4.09. The summed E-state index contributed by atoms with van der Waals surface area (Å²) in [7, 11) is -4.09. The van der Waals surface area contributed by atoms with Crippen molar-refractivity contribution in [3.8, 4) is 0 Å². The number of piperidine rings is 1. The number of likely N-dealkylation sites (tertiary alicyclic amines) is 1. The first-order valence-corrected chi connectivity index (χ1v) is 12.2. The molecule has 2 aromatic rings. The summed E-state index contributed by atoms with van der Waals surface area (Å²) in [5, 5.41) is 3.00. The highest BCUT2D eigenvalue weighted by Gasteiger charge is 2.33. The van der Waals surface area contributed by atoms with Crippen molar-refractivity contribution in [1.82, 2.24) is 10.2 Å². The molecule has 1 heterocycles. The molecule has 170 valence electrons. The van der Waals surface area contributed by atoms with Gasteiger partial charge in [0.15, 0.2) is 0 Å². The minimum absolute atomic E-state index is 0.0212. The summed E-state index contributed by atoms with van der Waals surface area (Å²) in [6, 6.07) is 10.0. The van der Waals surface area contributed by atoms with Crippen LogP contribution in [-0.4, -0.2) is 44.3 Å². The second-order valence-corrected chi connectivity index (χ2v) is 10.1. The minimum Gasteiger partial charge on any atom is -0.353 e. The van der Waals surface area contributed by atoms with Crippen molar-refractivity contribution < 1.29 is 22.4 Å². The van der Waals surface area contributed by atoms with Gasteiger partial charge in [-0.25, -0.2) is 12.8 Å². The van der Waals surface area contributed by atoms with E-state index in [4.69, 9.17) is 0 Å². The molecule has 2 aliphatic rings. The van der Waals surface area contributed by atoms with Crippen LogP contribution in [0.3, 0.4) is 0 Å². The summed E-state index contributed by atoms with van der Waals surface area (Å²) in [4.78, 5) is 27.2. The van der Waals surface area contributed by atoms with Gasteiger partial charge in [-0.05, 0) is 62.4 Å². The highest BCUT2D eigenvalue weighted by Crippen LogP contribution is 2.25. The van der Waals surface area contributed by atoms with Crippen LogP contribution in [0, 0.1) is 18.7 Å². The van der Waals surface area contributed by atoms with E-state index in [1.165, 1.54) is 30.3 Å². The number of benzene rings is 2. The van der Waals surface area contributed by atoms with Crippen LogP contribution in [0.15, 0.2) is 47.4 Å². The van der Waals surface area contributed by atoms with E-state index in [-0.39, 0.29) is 39.9 Å². The van der Waals surface area contributed by atoms with Gasteiger partial charge in [-0.1, -0.05) is 18.2 Å². The summed E-state index contributed by atoms with van der Waals surface area (Å²) in [6.07, 6.45) is 3.44. The van der Waals surface area contributed by atoms with E-state index in [0.717, 1.165) is 25.3 Å². The number of hydrogen-bond acceptors (Lipinski definition) is 4. The molecular formula is C23H26FN3O4S. The third-order valence-electron chi connectivity index (χ3n) is 5.87. The molecule has 1 saturated carbocycles. The molecule has 0 bridgehead atoms. The predicted octanol–water partition coefficient (Wildman–Crippen LogP) is 3.07. The molecule has 0 spiro atoms. The second-order valence-electron chi connectivity index (χ2n) is 8.44. The number of sulfonamides is 1. The monoisotopic (exact) mass is 459 g/mol. The van der Waals surface area contributed by atoms with Crippen molar-refractivity contribution in [2.24, 2.45) is 5.92 Å². The Hall–Kier alpha value is -2.94. The number of nitrogens with zero attached hydrogens (tertiary/aromatic N) is 1. The number of anilines is 1. The van der Waals surface area contributed by atoms with Gasteiger partial charge in [-0.2, -0.15) is 0 Å². The van der Waals surface area contributed by atoms with Crippen LogP contribution >= 0.6 is 0 Å². The van der Waals surface area contributed by atoms with Crippen LogP contribution in [0.2, 0.25) is 0 Å². The third-order valence-corrected chi connectivity index (χ3v) is 7.23. The largest absolute Gasteiger partial charge is 0.353 e. The molecular weight excluding hydrogens is 433 g/mol. The summed E-state index contributed by atoms with van der Waals surface area (Å²) >= 11 is 0. The van der Waals surface area contributed by atoms with Gasteiger partial charge in [0.1, 0.15) is 5.82 Å². The van der Waals surface area contributed by atoms with Crippen LogP contribution in [0.5, 0.6) is 0 Å². The quantitative estimate of drug-likeness (QED) is 0.694. The van der Waals surface area contributed by atoms with E-state index in [9.17, 15) is 22.4 Å². The predicted molar refractivity (Wildman–Crippen MR) is 118 cm³/mol. The fourth-order valence-corrected chi connectivity index (χ4v) is 4.93. The molecule has 1 unspecified atom stereocenters. The van der Waals surface area contributed by atoms with Crippen molar-refractivity contribution in [2.45, 2.75) is 43.5 Å². The molecule has 32 heavy (non-hydrogen) atoms. The second kappa shape index (κ2) is 8.90. The molecule has 2 fully saturated rings. The maximum absolute atomic E-state index is 13.9. The number of nitrogens with one attached hydrogen (secondary N) is 2. The number of carbonyl (C=O) groups is 2. The van der Waals surface area contributed by atoms with Crippen LogP contribution in [0.4, 0.5) is 10.1 Å². The van der Waals surface area contributed by atoms with Crippen molar-refractivity contribution in [3.63, 3.8) is 0 Å². The molecule has 2 N–H and O–H groups in total. The van der Waals surface area contributed by atoms with Gasteiger partial charge < -0.3 is 10.2 Å². The Kier molecular flexibility index (Phi) is 6.19. The zero-order valence-corrected chi connectivity index (χ0v) is 18.6. The van der Waals surface area contributed by atoms with Gasteiger partial charge in [-0.3, -0.25) is 14.3 Å². The molecule has 2 amide bonds. The summed E-state index contributed by atoms with van der Waals surface area (Å²) in [5.41, 5.74) is 0.718. The van der Waals surface area contributed by atoms with E-state index in [0.29, 0.717) is 25.1 Å². The van der Waals surface area contributed by atoms with Crippen molar-refractivity contribution in [3.05, 3.63) is 59.4 Å². The highest BCUT2D eigenvalue weighted by atomic mass is 32.2. The zero-order chi connectivity index (χ0) is 22.9. The van der Waals surface area contributed by atoms with Crippen LogP contribution in [-0.2, 0) is 14.8 Å². The van der Waals surface area contributed by atoms with Crippen molar-refractivity contribution in [1.29, 1.82) is 0 Å². The maximum Gasteiger partial charge on any atom is 0.262 e. The SMILES string of the molecule is Cc1ccc(S(=O)(=O)Nc2ccccc2F)cc1C(=O)N1CCCC(C(=O)NC2CC2)C1. The molecule has 1 aliphatic heterocycles. The van der Waals surface area contributed by atoms with E-state index < -0.39 is 15.8 Å². The standard InChI is InChI=1S/C23H26FN3O4S/c1-15-8-11-18(32(30,31)26-21-7-3-2-6-20(21)24)13-19(15)23(29)27-12-4-5-16(14-27)22(28)25-17-9-10-17/h2-3,6-8,11,13,16-17,26H,4-5,9-10,12,14H2,1H3,(H,25,28). The first-order chi connectivity index (χ1) is 15.2. The first-order valence-electron chi connectivity index (χ1n) is 10.7. The third kappa shape index (κ3) is 4.93. The average Bonchev–Trinajstić information content (AvgIpc) is 3.59. The molecule has 0 aromatic heterocycles. The van der Waals surface area contributed by atoms with E-state index in [2.05, 4.69) is 10.0 Å². The summed E-state index contributed by atoms with van der Waals surface area (Å²) in [6.45, 7) is 2.55. The van der Waals surface area contributed by atoms with Crippen LogP contribution in [0.25, 0.3) is 0 Å². The lowest BCUT2D eigenvalue weighted by molar-refractivity contribution is -0.126. The molecule has 1 aliphatic carbocycles. The number of halogens is 1. The Bertz CT molecular complexity index is 1150. The van der Waals surface area contributed by atoms with Gasteiger partial charge in [0.05, 0.1) is 16.5 Å². The van der Waals surface area contributed by atoms with Gasteiger partial charge in [0.25, 0.3) is 15.9 Å². The maximum atomic E-state index is 13.9. The lowest BCUT2D eigenvalue weighted by Crippen LogP contribution is -2.46. The van der Waals surface area contributed by atoms with E-state index in [1.54, 1.807) is 17.9 Å². The van der Waals surface area contributed by atoms with Crippen molar-refractivity contribution in [2.75, 3.05) is 17.8 Å². The number of amides is 2. The molecule has 0 radical (unpaired) electrons. The fourth-order valence-electron chi connectivity index (χ4n) is 3.84. The molecule has 1 atom stereocenters. The van der Waals surface area contributed by atoms with Gasteiger partial charge in [0, 0.05) is 24.7 Å². The summed E-state index contributed by atoms with van der Waals surface area (Å²) in [5.74, 6) is -1.28. The summed E-state index contributed by atoms with van der Waals surface area (Å²) < 4.78 is 41.8. The Morgan fingerprint density at radius 3 is 2.56 bits per heavy atom. The van der Waals surface area contributed by atoms with Gasteiger partial charge in [-0.15, -0.1) is 0 Å². The smallest absolute Gasteiger partial charge is 0.262 e. The number of aryl methyl sites for hydroxylation is 1. The average molecular weight is 460 g/mol.